The number of rotatable bonds is 5. The van der Waals surface area contributed by atoms with Crippen LogP contribution >= 0.6 is 11.3 Å². The monoisotopic (exact) mass is 410 g/mol. The van der Waals surface area contributed by atoms with Gasteiger partial charge in [0.25, 0.3) is 0 Å². The Morgan fingerprint density at radius 3 is 2.76 bits per heavy atom. The summed E-state index contributed by atoms with van der Waals surface area (Å²) >= 11 is 1.39. The molecule has 0 unspecified atom stereocenters. The molecule has 1 aromatic carbocycles. The summed E-state index contributed by atoms with van der Waals surface area (Å²) in [5.74, 6) is 0.839. The van der Waals surface area contributed by atoms with Crippen LogP contribution in [0.3, 0.4) is 0 Å². The highest BCUT2D eigenvalue weighted by Gasteiger charge is 2.23. The Morgan fingerprint density at radius 2 is 2.03 bits per heavy atom. The zero-order valence-electron chi connectivity index (χ0n) is 17.0. The lowest BCUT2D eigenvalue weighted by Crippen LogP contribution is -2.39. The third-order valence-electron chi connectivity index (χ3n) is 5.28. The van der Waals surface area contributed by atoms with E-state index >= 15 is 0 Å². The summed E-state index contributed by atoms with van der Waals surface area (Å²) < 4.78 is 0. The highest BCUT2D eigenvalue weighted by Crippen LogP contribution is 2.29. The van der Waals surface area contributed by atoms with Crippen LogP contribution in [0.2, 0.25) is 0 Å². The number of aryl methyl sites for hydroxylation is 1. The molecule has 1 aliphatic heterocycles. The van der Waals surface area contributed by atoms with Crippen LogP contribution in [0.5, 0.6) is 0 Å². The van der Waals surface area contributed by atoms with Gasteiger partial charge in [0.15, 0.2) is 5.13 Å². The first kappa shape index (κ1) is 19.6. The molecule has 0 spiro atoms. The quantitative estimate of drug-likeness (QED) is 0.666. The van der Waals surface area contributed by atoms with Crippen molar-refractivity contribution in [3.8, 4) is 0 Å². The maximum absolute atomic E-state index is 12.3. The number of carbonyl (C=O) groups is 1. The molecular weight excluding hydrogens is 384 g/mol. The summed E-state index contributed by atoms with van der Waals surface area (Å²) in [7, 11) is 1.99. The minimum absolute atomic E-state index is 0.192. The predicted molar refractivity (Wildman–Crippen MR) is 119 cm³/mol. The van der Waals surface area contributed by atoms with Crippen LogP contribution in [0.25, 0.3) is 10.3 Å². The number of likely N-dealkylation sites (N-methyl/N-ethyl adjacent to an activating group) is 1. The van der Waals surface area contributed by atoms with Crippen molar-refractivity contribution in [1.82, 2.24) is 20.2 Å². The number of likely N-dealkylation sites (tertiary alicyclic amines) is 1. The lowest BCUT2D eigenvalue weighted by atomic mass is 10.2. The molecule has 0 bridgehead atoms. The van der Waals surface area contributed by atoms with Crippen LogP contribution in [-0.2, 0) is 0 Å². The Kier molecular flexibility index (Phi) is 5.64. The van der Waals surface area contributed by atoms with Gasteiger partial charge < -0.3 is 15.1 Å². The van der Waals surface area contributed by atoms with Crippen molar-refractivity contribution in [2.75, 3.05) is 36.9 Å². The van der Waals surface area contributed by atoms with E-state index in [1.807, 2.05) is 24.1 Å². The van der Waals surface area contributed by atoms with E-state index in [-0.39, 0.29) is 12.1 Å². The minimum atomic E-state index is -0.205. The van der Waals surface area contributed by atoms with Gasteiger partial charge >= 0.3 is 6.03 Å². The molecule has 0 saturated carbocycles. The van der Waals surface area contributed by atoms with E-state index in [0.29, 0.717) is 5.13 Å². The number of pyridine rings is 1. The smallest absolute Gasteiger partial charge is 0.321 e. The largest absolute Gasteiger partial charge is 0.334 e. The Morgan fingerprint density at radius 1 is 1.24 bits per heavy atom. The van der Waals surface area contributed by atoms with E-state index < -0.39 is 0 Å². The van der Waals surface area contributed by atoms with Crippen molar-refractivity contribution >= 4 is 44.4 Å². The number of nitrogens with zero attached hydrogens (tertiary/aromatic N) is 4. The van der Waals surface area contributed by atoms with Crippen molar-refractivity contribution in [3.05, 3.63) is 42.0 Å². The van der Waals surface area contributed by atoms with Crippen LogP contribution in [0.1, 0.15) is 18.9 Å². The highest BCUT2D eigenvalue weighted by atomic mass is 32.1. The third-order valence-corrected chi connectivity index (χ3v) is 6.16. The molecule has 1 atom stereocenters. The summed E-state index contributed by atoms with van der Waals surface area (Å²) in [5.41, 5.74) is 3.08. The van der Waals surface area contributed by atoms with Crippen molar-refractivity contribution in [3.63, 3.8) is 0 Å². The van der Waals surface area contributed by atoms with Gasteiger partial charge in [0.1, 0.15) is 16.2 Å². The fraction of sp³-hybridized carbons (Fsp3) is 0.381. The minimum Gasteiger partial charge on any atom is -0.334 e. The first-order chi connectivity index (χ1) is 14.0. The van der Waals surface area contributed by atoms with Crippen LogP contribution < -0.4 is 15.5 Å². The predicted octanol–water partition coefficient (Wildman–Crippen LogP) is 3.98. The number of aromatic nitrogens is 2. The highest BCUT2D eigenvalue weighted by molar-refractivity contribution is 7.22. The molecule has 0 radical (unpaired) electrons. The van der Waals surface area contributed by atoms with E-state index in [0.717, 1.165) is 47.9 Å². The Bertz CT molecular complexity index is 1000. The topological polar surface area (TPSA) is 73.4 Å². The number of nitrogens with one attached hydrogen (secondary N) is 2. The third kappa shape index (κ3) is 4.49. The molecule has 4 rings (SSSR count). The summed E-state index contributed by atoms with van der Waals surface area (Å²) in [6, 6.07) is 12.2. The molecule has 2 N–H and O–H groups in total. The van der Waals surface area contributed by atoms with Crippen molar-refractivity contribution in [1.29, 1.82) is 0 Å². The second-order valence-corrected chi connectivity index (χ2v) is 8.36. The van der Waals surface area contributed by atoms with Crippen molar-refractivity contribution in [2.24, 2.45) is 0 Å². The number of benzene rings is 1. The van der Waals surface area contributed by atoms with E-state index in [4.69, 9.17) is 4.98 Å². The molecule has 8 heteroatoms. The Balaban J connectivity index is 1.44. The standard InChI is InChI=1S/C21H26N6OS/c1-4-27-12-11-15(13-27)22-20(28)25-21-23-17-9-10-18(24-19(17)29-21)26(3)16-7-5-14(2)6-8-16/h5-10,15H,4,11-13H2,1-3H3,(H2,22,23,25,28)/t15-/m0/s1. The van der Waals surface area contributed by atoms with E-state index in [2.05, 4.69) is 58.6 Å². The average molecular weight is 411 g/mol. The van der Waals surface area contributed by atoms with Gasteiger partial charge in [0, 0.05) is 31.9 Å². The molecule has 152 valence electrons. The summed E-state index contributed by atoms with van der Waals surface area (Å²) in [4.78, 5) is 26.7. The normalized spacial score (nSPS) is 16.9. The molecule has 2 amide bonds. The van der Waals surface area contributed by atoms with Crippen LogP contribution in [0.4, 0.5) is 21.4 Å². The van der Waals surface area contributed by atoms with Gasteiger partial charge in [-0.3, -0.25) is 5.32 Å². The van der Waals surface area contributed by atoms with Gasteiger partial charge in [0.2, 0.25) is 0 Å². The number of urea groups is 1. The van der Waals surface area contributed by atoms with E-state index in [9.17, 15) is 4.79 Å². The van der Waals surface area contributed by atoms with Gasteiger partial charge in [-0.1, -0.05) is 36.0 Å². The lowest BCUT2D eigenvalue weighted by molar-refractivity contribution is 0.248. The number of thiazole rings is 1. The second kappa shape index (κ2) is 8.34. The SMILES string of the molecule is CCN1CC[C@H](NC(=O)Nc2nc3ccc(N(C)c4ccc(C)cc4)nc3s2)C1. The van der Waals surface area contributed by atoms with E-state index in [1.165, 1.54) is 16.9 Å². The van der Waals surface area contributed by atoms with Gasteiger partial charge in [-0.15, -0.1) is 0 Å². The zero-order chi connectivity index (χ0) is 20.4. The number of anilines is 3. The second-order valence-electron chi connectivity index (χ2n) is 7.38. The molecule has 1 aliphatic rings. The van der Waals surface area contributed by atoms with Crippen LogP contribution in [-0.4, -0.2) is 53.6 Å². The molecular formula is C21H26N6OS. The number of carbonyl (C=O) groups excluding carboxylic acids is 1. The molecule has 0 aliphatic carbocycles. The number of amides is 2. The van der Waals surface area contributed by atoms with Gasteiger partial charge in [-0.05, 0) is 44.2 Å². The molecule has 1 saturated heterocycles. The average Bonchev–Trinajstić information content (AvgIpc) is 3.33. The number of fused-ring (bicyclic) bond motifs is 1. The number of hydrogen-bond donors (Lipinski definition) is 2. The first-order valence-electron chi connectivity index (χ1n) is 9.89. The molecule has 3 heterocycles. The van der Waals surface area contributed by atoms with Crippen molar-refractivity contribution < 1.29 is 4.79 Å². The van der Waals surface area contributed by atoms with E-state index in [1.54, 1.807) is 0 Å². The van der Waals surface area contributed by atoms with Crippen LogP contribution in [0.15, 0.2) is 36.4 Å². The molecule has 3 aromatic rings. The maximum atomic E-state index is 12.3. The first-order valence-corrected chi connectivity index (χ1v) is 10.7. The summed E-state index contributed by atoms with van der Waals surface area (Å²) in [6.45, 7) is 7.16. The Labute approximate surface area is 174 Å². The fourth-order valence-electron chi connectivity index (χ4n) is 3.50. The fourth-order valence-corrected chi connectivity index (χ4v) is 4.33. The number of hydrogen-bond acceptors (Lipinski definition) is 6. The molecule has 1 fully saturated rings. The van der Waals surface area contributed by atoms with Crippen molar-refractivity contribution in [2.45, 2.75) is 26.3 Å². The Hall–Kier alpha value is -2.71. The molecule has 2 aromatic heterocycles. The van der Waals surface area contributed by atoms with Gasteiger partial charge in [-0.25, -0.2) is 14.8 Å². The van der Waals surface area contributed by atoms with Gasteiger partial charge in [-0.2, -0.15) is 0 Å². The maximum Gasteiger partial charge on any atom is 0.321 e. The van der Waals surface area contributed by atoms with Crippen LogP contribution in [0, 0.1) is 6.92 Å². The summed E-state index contributed by atoms with van der Waals surface area (Å²) in [6.07, 6.45) is 0.983. The molecule has 29 heavy (non-hydrogen) atoms. The molecule has 7 nitrogen and oxygen atoms in total. The van der Waals surface area contributed by atoms with Gasteiger partial charge in [0.05, 0.1) is 0 Å². The zero-order valence-corrected chi connectivity index (χ0v) is 17.8. The summed E-state index contributed by atoms with van der Waals surface area (Å²) in [5, 5.41) is 6.46. The lowest BCUT2D eigenvalue weighted by Gasteiger charge is -2.18.